The number of carboxylic acid groups (broad SMARTS) is 2. The Hall–Kier alpha value is -1.75. The number of aliphatic hydroxyl groups is 3. The Bertz CT molecular complexity index is 643. The van der Waals surface area contributed by atoms with Crippen LogP contribution in [0.1, 0.15) is 98.3 Å². The van der Waals surface area contributed by atoms with E-state index in [-0.39, 0.29) is 18.3 Å². The molecule has 0 fully saturated rings. The highest BCUT2D eigenvalue weighted by Crippen LogP contribution is 2.25. The van der Waals surface area contributed by atoms with Gasteiger partial charge in [0.2, 0.25) is 0 Å². The molecule has 0 heterocycles. The Morgan fingerprint density at radius 3 is 1.81 bits per heavy atom. The SMILES string of the molecule is CCCC(C)CC(CC(C)CC(O)CCCCC(O)CC(O)C(C)N)OC(=O)C(CC(=O)O)C(=O)O. The quantitative estimate of drug-likeness (QED) is 0.0747. The van der Waals surface area contributed by atoms with E-state index < -0.39 is 60.7 Å². The molecular weight excluding hydrogens is 470 g/mol. The van der Waals surface area contributed by atoms with Crippen LogP contribution in [0, 0.1) is 17.8 Å². The molecular formula is C26H49NO9. The monoisotopic (exact) mass is 519 g/mol. The van der Waals surface area contributed by atoms with Crippen molar-refractivity contribution in [1.29, 1.82) is 0 Å². The lowest BCUT2D eigenvalue weighted by Crippen LogP contribution is -2.34. The van der Waals surface area contributed by atoms with Gasteiger partial charge in [-0.15, -0.1) is 0 Å². The number of ether oxygens (including phenoxy) is 1. The van der Waals surface area contributed by atoms with Gasteiger partial charge in [-0.2, -0.15) is 0 Å². The molecule has 0 aliphatic heterocycles. The summed E-state index contributed by atoms with van der Waals surface area (Å²) >= 11 is 0. The highest BCUT2D eigenvalue weighted by molar-refractivity contribution is 5.97. The number of hydrogen-bond acceptors (Lipinski definition) is 8. The van der Waals surface area contributed by atoms with Crippen molar-refractivity contribution in [2.75, 3.05) is 0 Å². The molecule has 0 amide bonds. The zero-order valence-corrected chi connectivity index (χ0v) is 22.3. The number of carboxylic acids is 2. The van der Waals surface area contributed by atoms with Gasteiger partial charge in [0.15, 0.2) is 5.92 Å². The smallest absolute Gasteiger partial charge is 0.321 e. The number of unbranched alkanes of at least 4 members (excludes halogenated alkanes) is 1. The molecule has 0 rings (SSSR count). The van der Waals surface area contributed by atoms with Crippen LogP contribution < -0.4 is 5.73 Å². The standard InChI is InChI=1S/C26H49NO9/c1-5-8-16(2)12-21(36-26(35)22(25(33)34)15-24(31)32)13-17(3)11-19(28)9-6-7-10-20(29)14-23(30)18(4)27/h16-23,28-30H,5-15,27H2,1-4H3,(H,31,32)(H,33,34). The second-order valence-electron chi connectivity index (χ2n) is 10.5. The number of aliphatic hydroxyl groups excluding tert-OH is 3. The summed E-state index contributed by atoms with van der Waals surface area (Å²) in [6.45, 7) is 7.69. The topological polar surface area (TPSA) is 188 Å². The molecule has 8 unspecified atom stereocenters. The minimum atomic E-state index is -1.75. The second-order valence-corrected chi connectivity index (χ2v) is 10.5. The van der Waals surface area contributed by atoms with E-state index in [4.69, 9.17) is 15.6 Å². The molecule has 0 aliphatic rings. The van der Waals surface area contributed by atoms with E-state index in [1.807, 2.05) is 20.8 Å². The van der Waals surface area contributed by atoms with Crippen molar-refractivity contribution in [3.8, 4) is 0 Å². The van der Waals surface area contributed by atoms with Gasteiger partial charge in [-0.1, -0.05) is 46.5 Å². The number of nitrogens with two attached hydrogens (primary N) is 1. The fraction of sp³-hybridized carbons (Fsp3) is 0.885. The summed E-state index contributed by atoms with van der Waals surface area (Å²) < 4.78 is 5.50. The molecule has 0 aromatic carbocycles. The van der Waals surface area contributed by atoms with Crippen LogP contribution in [0.25, 0.3) is 0 Å². The van der Waals surface area contributed by atoms with Gasteiger partial charge in [0.05, 0.1) is 24.7 Å². The summed E-state index contributed by atoms with van der Waals surface area (Å²) in [7, 11) is 0. The van der Waals surface area contributed by atoms with Crippen molar-refractivity contribution >= 4 is 17.9 Å². The normalized spacial score (nSPS) is 18.3. The Kier molecular flexibility index (Phi) is 17.6. The molecule has 0 bridgehead atoms. The fourth-order valence-corrected chi connectivity index (χ4v) is 4.44. The molecule has 0 aliphatic carbocycles. The van der Waals surface area contributed by atoms with Crippen LogP contribution in [0.15, 0.2) is 0 Å². The maximum Gasteiger partial charge on any atom is 0.321 e. The van der Waals surface area contributed by atoms with Crippen LogP contribution in [-0.4, -0.2) is 73.9 Å². The van der Waals surface area contributed by atoms with Gasteiger partial charge in [0.25, 0.3) is 0 Å². The van der Waals surface area contributed by atoms with Crippen molar-refractivity contribution in [1.82, 2.24) is 0 Å². The Morgan fingerprint density at radius 1 is 0.806 bits per heavy atom. The van der Waals surface area contributed by atoms with E-state index in [9.17, 15) is 34.8 Å². The van der Waals surface area contributed by atoms with Crippen LogP contribution in [-0.2, 0) is 19.1 Å². The maximum atomic E-state index is 12.4. The summed E-state index contributed by atoms with van der Waals surface area (Å²) in [5, 5.41) is 48.4. The van der Waals surface area contributed by atoms with E-state index in [1.165, 1.54) is 0 Å². The number of rotatable bonds is 21. The van der Waals surface area contributed by atoms with Gasteiger partial charge in [-0.25, -0.2) is 0 Å². The summed E-state index contributed by atoms with van der Waals surface area (Å²) in [4.78, 5) is 34.8. The third-order valence-electron chi connectivity index (χ3n) is 6.48. The Balaban J connectivity index is 4.77. The number of hydrogen-bond donors (Lipinski definition) is 6. The molecule has 0 radical (unpaired) electrons. The van der Waals surface area contributed by atoms with Gasteiger partial charge in [0, 0.05) is 12.5 Å². The molecule has 7 N–H and O–H groups in total. The van der Waals surface area contributed by atoms with E-state index >= 15 is 0 Å². The number of carbonyl (C=O) groups excluding carboxylic acids is 1. The zero-order valence-electron chi connectivity index (χ0n) is 22.3. The summed E-state index contributed by atoms with van der Waals surface area (Å²) in [6, 6.07) is -0.400. The Labute approximate surface area is 215 Å². The number of esters is 1. The molecule has 212 valence electrons. The van der Waals surface area contributed by atoms with Crippen LogP contribution in [0.5, 0.6) is 0 Å². The van der Waals surface area contributed by atoms with Crippen molar-refractivity contribution < 1.29 is 44.7 Å². The van der Waals surface area contributed by atoms with Crippen LogP contribution in [0.2, 0.25) is 0 Å². The lowest BCUT2D eigenvalue weighted by atomic mass is 9.89. The first-order valence-corrected chi connectivity index (χ1v) is 13.2. The molecule has 0 aromatic rings. The number of carbonyl (C=O) groups is 3. The molecule has 0 saturated heterocycles. The lowest BCUT2D eigenvalue weighted by Gasteiger charge is -2.26. The van der Waals surface area contributed by atoms with Crippen LogP contribution >= 0.6 is 0 Å². The summed E-state index contributed by atoms with van der Waals surface area (Å²) in [5.41, 5.74) is 5.60. The van der Waals surface area contributed by atoms with Crippen LogP contribution in [0.3, 0.4) is 0 Å². The first-order chi connectivity index (χ1) is 16.8. The Morgan fingerprint density at radius 2 is 1.33 bits per heavy atom. The minimum Gasteiger partial charge on any atom is -0.481 e. The van der Waals surface area contributed by atoms with Gasteiger partial charge in [-0.3, -0.25) is 14.4 Å². The van der Waals surface area contributed by atoms with E-state index in [1.54, 1.807) is 6.92 Å². The molecule has 10 heteroatoms. The molecule has 36 heavy (non-hydrogen) atoms. The van der Waals surface area contributed by atoms with Crippen LogP contribution in [0.4, 0.5) is 0 Å². The first kappa shape index (κ1) is 34.2. The van der Waals surface area contributed by atoms with E-state index in [2.05, 4.69) is 0 Å². The minimum absolute atomic E-state index is 0.0128. The molecule has 0 saturated carbocycles. The average Bonchev–Trinajstić information content (AvgIpc) is 2.74. The second kappa shape index (κ2) is 18.5. The molecule has 0 aromatic heterocycles. The van der Waals surface area contributed by atoms with Gasteiger partial charge < -0.3 is 36.0 Å². The van der Waals surface area contributed by atoms with Crippen molar-refractivity contribution in [2.45, 2.75) is 129 Å². The maximum absolute atomic E-state index is 12.4. The predicted octanol–water partition coefficient (Wildman–Crippen LogP) is 2.70. The third kappa shape index (κ3) is 16.1. The third-order valence-corrected chi connectivity index (χ3v) is 6.48. The summed E-state index contributed by atoms with van der Waals surface area (Å²) in [5.74, 6) is -5.48. The molecule has 0 spiro atoms. The molecule has 8 atom stereocenters. The van der Waals surface area contributed by atoms with Gasteiger partial charge in [-0.05, 0) is 50.9 Å². The number of aliphatic carboxylic acids is 2. The zero-order chi connectivity index (χ0) is 27.8. The average molecular weight is 520 g/mol. The molecule has 10 nitrogen and oxygen atoms in total. The van der Waals surface area contributed by atoms with Crippen molar-refractivity contribution in [3.63, 3.8) is 0 Å². The van der Waals surface area contributed by atoms with Gasteiger partial charge >= 0.3 is 17.9 Å². The van der Waals surface area contributed by atoms with Crippen molar-refractivity contribution in [3.05, 3.63) is 0 Å². The lowest BCUT2D eigenvalue weighted by molar-refractivity contribution is -0.167. The summed E-state index contributed by atoms with van der Waals surface area (Å²) in [6.07, 6.45) is 2.63. The first-order valence-electron chi connectivity index (χ1n) is 13.2. The highest BCUT2D eigenvalue weighted by atomic mass is 16.5. The largest absolute Gasteiger partial charge is 0.481 e. The van der Waals surface area contributed by atoms with Gasteiger partial charge in [0.1, 0.15) is 6.10 Å². The van der Waals surface area contributed by atoms with E-state index in [0.29, 0.717) is 44.9 Å². The predicted molar refractivity (Wildman–Crippen MR) is 135 cm³/mol. The highest BCUT2D eigenvalue weighted by Gasteiger charge is 2.33. The van der Waals surface area contributed by atoms with E-state index in [0.717, 1.165) is 12.8 Å². The van der Waals surface area contributed by atoms with Crippen molar-refractivity contribution in [2.24, 2.45) is 23.5 Å². The fourth-order valence-electron chi connectivity index (χ4n) is 4.44.